The SMILES string of the molecule is CCCCCCCCCCCCCCCCO[C@H]1[C@@H](OC)O[C@H](CF)[C@@H](O)[C@@H]1OCCCCCCCCCCCCCCCC. The normalized spacial score (nSPS) is 21.9. The van der Waals surface area contributed by atoms with Gasteiger partial charge in [0, 0.05) is 20.3 Å². The topological polar surface area (TPSA) is 57.2 Å². The van der Waals surface area contributed by atoms with E-state index in [0.29, 0.717) is 13.2 Å². The number of aliphatic hydroxyl groups excluding tert-OH is 1. The van der Waals surface area contributed by atoms with Crippen molar-refractivity contribution in [2.24, 2.45) is 0 Å². The fourth-order valence-corrected chi connectivity index (χ4v) is 6.61. The zero-order valence-electron chi connectivity index (χ0n) is 30.3. The summed E-state index contributed by atoms with van der Waals surface area (Å²) >= 11 is 0. The van der Waals surface area contributed by atoms with Crippen LogP contribution >= 0.6 is 0 Å². The maximum atomic E-state index is 13.6. The second kappa shape index (κ2) is 32.3. The maximum absolute atomic E-state index is 13.6. The number of unbranched alkanes of at least 4 members (excludes halogenated alkanes) is 26. The van der Waals surface area contributed by atoms with Crippen molar-refractivity contribution in [2.45, 2.75) is 224 Å². The lowest BCUT2D eigenvalue weighted by Gasteiger charge is -2.43. The number of hydrogen-bond acceptors (Lipinski definition) is 5. The minimum absolute atomic E-state index is 0.536. The Morgan fingerprint density at radius 1 is 0.489 bits per heavy atom. The largest absolute Gasteiger partial charge is 0.387 e. The molecule has 0 aliphatic carbocycles. The number of aliphatic hydroxyl groups is 1. The molecule has 45 heavy (non-hydrogen) atoms. The van der Waals surface area contributed by atoms with E-state index in [1.54, 1.807) is 7.11 Å². The van der Waals surface area contributed by atoms with Crippen molar-refractivity contribution < 1.29 is 28.4 Å². The molecule has 1 heterocycles. The molecular weight excluding hydrogens is 567 g/mol. The Kier molecular flexibility index (Phi) is 30.7. The van der Waals surface area contributed by atoms with Gasteiger partial charge in [-0.15, -0.1) is 0 Å². The molecule has 270 valence electrons. The van der Waals surface area contributed by atoms with Gasteiger partial charge in [-0.3, -0.25) is 0 Å². The van der Waals surface area contributed by atoms with Gasteiger partial charge in [0.15, 0.2) is 6.29 Å². The number of alkyl halides is 1. The first-order valence-corrected chi connectivity index (χ1v) is 19.8. The number of ether oxygens (including phenoxy) is 4. The molecule has 1 rings (SSSR count). The summed E-state index contributed by atoms with van der Waals surface area (Å²) in [5.74, 6) is 0. The van der Waals surface area contributed by atoms with Crippen molar-refractivity contribution in [3.05, 3.63) is 0 Å². The van der Waals surface area contributed by atoms with Crippen LogP contribution in [-0.4, -0.2) is 62.8 Å². The van der Waals surface area contributed by atoms with E-state index in [-0.39, 0.29) is 0 Å². The van der Waals surface area contributed by atoms with Crippen LogP contribution < -0.4 is 0 Å². The van der Waals surface area contributed by atoms with Crippen LogP contribution in [0.2, 0.25) is 0 Å². The van der Waals surface area contributed by atoms with E-state index >= 15 is 0 Å². The van der Waals surface area contributed by atoms with Gasteiger partial charge >= 0.3 is 0 Å². The summed E-state index contributed by atoms with van der Waals surface area (Å²) in [5, 5.41) is 10.8. The molecule has 0 aromatic rings. The summed E-state index contributed by atoms with van der Waals surface area (Å²) in [7, 11) is 1.55. The molecule has 0 radical (unpaired) electrons. The van der Waals surface area contributed by atoms with Crippen LogP contribution in [0.25, 0.3) is 0 Å². The van der Waals surface area contributed by atoms with E-state index in [1.807, 2.05) is 0 Å². The Morgan fingerprint density at radius 3 is 1.11 bits per heavy atom. The fraction of sp³-hybridized carbons (Fsp3) is 1.00. The number of rotatable bonds is 34. The first kappa shape index (κ1) is 42.8. The van der Waals surface area contributed by atoms with Crippen molar-refractivity contribution in [2.75, 3.05) is 27.0 Å². The third-order valence-corrected chi connectivity index (χ3v) is 9.62. The summed E-state index contributed by atoms with van der Waals surface area (Å²) in [4.78, 5) is 0. The average molecular weight is 645 g/mol. The third kappa shape index (κ3) is 22.8. The molecule has 0 unspecified atom stereocenters. The zero-order valence-corrected chi connectivity index (χ0v) is 30.3. The Bertz CT molecular complexity index is 594. The van der Waals surface area contributed by atoms with Crippen LogP contribution in [-0.2, 0) is 18.9 Å². The smallest absolute Gasteiger partial charge is 0.186 e. The predicted octanol–water partition coefficient (Wildman–Crippen LogP) is 11.4. The van der Waals surface area contributed by atoms with E-state index in [4.69, 9.17) is 18.9 Å². The highest BCUT2D eigenvalue weighted by molar-refractivity contribution is 4.91. The molecule has 1 aliphatic rings. The summed E-state index contributed by atoms with van der Waals surface area (Å²) in [6.45, 7) is 4.88. The van der Waals surface area contributed by atoms with Gasteiger partial charge in [0.05, 0.1) is 0 Å². The minimum atomic E-state index is -1.06. The van der Waals surface area contributed by atoms with E-state index in [2.05, 4.69) is 13.8 Å². The average Bonchev–Trinajstić information content (AvgIpc) is 3.05. The van der Waals surface area contributed by atoms with Crippen LogP contribution in [0.1, 0.15) is 194 Å². The van der Waals surface area contributed by atoms with Gasteiger partial charge in [-0.1, -0.05) is 181 Å². The van der Waals surface area contributed by atoms with Crippen molar-refractivity contribution >= 4 is 0 Å². The monoisotopic (exact) mass is 645 g/mol. The molecule has 1 saturated heterocycles. The standard InChI is InChI=1S/C39H77FO5/c1-4-6-8-10-12-14-16-18-20-22-24-26-28-30-32-43-37-36(41)35(34-40)45-39(42-3)38(37)44-33-31-29-27-25-23-21-19-17-15-13-11-9-7-5-2/h35-39,41H,4-34H2,1-3H3/t35-,36-,37+,38-,39+/m1/s1. The van der Waals surface area contributed by atoms with Gasteiger partial charge in [0.1, 0.15) is 31.1 Å². The van der Waals surface area contributed by atoms with Crippen molar-refractivity contribution in [3.8, 4) is 0 Å². The molecule has 0 spiro atoms. The molecule has 1 aliphatic heterocycles. The van der Waals surface area contributed by atoms with Crippen molar-refractivity contribution in [1.82, 2.24) is 0 Å². The Balaban J connectivity index is 2.16. The molecule has 0 aromatic heterocycles. The predicted molar refractivity (Wildman–Crippen MR) is 188 cm³/mol. The molecule has 5 atom stereocenters. The van der Waals surface area contributed by atoms with Crippen LogP contribution in [0.3, 0.4) is 0 Å². The number of methoxy groups -OCH3 is 1. The van der Waals surface area contributed by atoms with E-state index in [0.717, 1.165) is 25.7 Å². The number of hydrogen-bond donors (Lipinski definition) is 1. The molecule has 1 N–H and O–H groups in total. The van der Waals surface area contributed by atoms with E-state index in [9.17, 15) is 9.50 Å². The Labute approximate surface area is 279 Å². The van der Waals surface area contributed by atoms with E-state index < -0.39 is 37.4 Å². The molecule has 0 amide bonds. The first-order valence-electron chi connectivity index (χ1n) is 19.8. The molecule has 5 nitrogen and oxygen atoms in total. The molecule has 0 bridgehead atoms. The lowest BCUT2D eigenvalue weighted by atomic mass is 9.98. The highest BCUT2D eigenvalue weighted by atomic mass is 19.1. The van der Waals surface area contributed by atoms with Gasteiger partial charge < -0.3 is 24.1 Å². The lowest BCUT2D eigenvalue weighted by molar-refractivity contribution is -0.308. The number of halogens is 1. The van der Waals surface area contributed by atoms with Crippen molar-refractivity contribution in [3.63, 3.8) is 0 Å². The Morgan fingerprint density at radius 2 is 0.800 bits per heavy atom. The first-order chi connectivity index (χ1) is 22.2. The molecule has 0 saturated carbocycles. The summed E-state index contributed by atoms with van der Waals surface area (Å²) in [6, 6.07) is 0. The second-order valence-corrected chi connectivity index (χ2v) is 13.8. The summed E-state index contributed by atoms with van der Waals surface area (Å²) in [5.41, 5.74) is 0. The molecule has 1 fully saturated rings. The van der Waals surface area contributed by atoms with Crippen LogP contribution in [0.5, 0.6) is 0 Å². The Hall–Kier alpha value is -0.270. The van der Waals surface area contributed by atoms with Crippen LogP contribution in [0, 0.1) is 0 Å². The quantitative estimate of drug-likeness (QED) is 0.0706. The van der Waals surface area contributed by atoms with Gasteiger partial charge in [0.25, 0.3) is 0 Å². The minimum Gasteiger partial charge on any atom is -0.387 e. The lowest BCUT2D eigenvalue weighted by Crippen LogP contribution is -2.60. The highest BCUT2D eigenvalue weighted by Gasteiger charge is 2.47. The van der Waals surface area contributed by atoms with Crippen LogP contribution in [0.4, 0.5) is 4.39 Å². The molecular formula is C39H77FO5. The van der Waals surface area contributed by atoms with Crippen molar-refractivity contribution in [1.29, 1.82) is 0 Å². The van der Waals surface area contributed by atoms with Gasteiger partial charge in [0.2, 0.25) is 0 Å². The fourth-order valence-electron chi connectivity index (χ4n) is 6.61. The highest BCUT2D eigenvalue weighted by Crippen LogP contribution is 2.28. The molecule has 0 aromatic carbocycles. The van der Waals surface area contributed by atoms with Gasteiger partial charge in [-0.05, 0) is 12.8 Å². The zero-order chi connectivity index (χ0) is 32.6. The van der Waals surface area contributed by atoms with E-state index in [1.165, 1.54) is 154 Å². The second-order valence-electron chi connectivity index (χ2n) is 13.8. The summed E-state index contributed by atoms with van der Waals surface area (Å²) in [6.07, 6.45) is 32.7. The molecule has 6 heteroatoms. The van der Waals surface area contributed by atoms with Gasteiger partial charge in [-0.2, -0.15) is 0 Å². The maximum Gasteiger partial charge on any atom is 0.186 e. The summed E-state index contributed by atoms with van der Waals surface area (Å²) < 4.78 is 37.2. The van der Waals surface area contributed by atoms with Gasteiger partial charge in [-0.25, -0.2) is 4.39 Å². The third-order valence-electron chi connectivity index (χ3n) is 9.62. The van der Waals surface area contributed by atoms with Crippen LogP contribution in [0.15, 0.2) is 0 Å².